The van der Waals surface area contributed by atoms with Crippen LogP contribution in [0.2, 0.25) is 0 Å². The molecule has 1 spiro atoms. The lowest BCUT2D eigenvalue weighted by Gasteiger charge is -2.24. The lowest BCUT2D eigenvalue weighted by atomic mass is 9.79. The largest absolute Gasteiger partial charge is 0.496 e. The third kappa shape index (κ3) is 3.31. The van der Waals surface area contributed by atoms with Gasteiger partial charge in [-0.15, -0.1) is 0 Å². The van der Waals surface area contributed by atoms with Crippen LogP contribution >= 0.6 is 27.9 Å². The van der Waals surface area contributed by atoms with Crippen LogP contribution in [-0.2, 0) is 22.6 Å². The van der Waals surface area contributed by atoms with Gasteiger partial charge < -0.3 is 14.0 Å². The van der Waals surface area contributed by atoms with Gasteiger partial charge in [0.05, 0.1) is 12.0 Å². The summed E-state index contributed by atoms with van der Waals surface area (Å²) in [5, 5.41) is 4.32. The molecule has 1 heterocycles. The molecule has 0 amide bonds. The molecule has 2 aliphatic rings. The van der Waals surface area contributed by atoms with Gasteiger partial charge in [-0.3, -0.25) is 4.21 Å². The van der Waals surface area contributed by atoms with Crippen LogP contribution in [0.1, 0.15) is 24.0 Å². The average Bonchev–Trinajstić information content (AvgIpc) is 3.36. The Morgan fingerprint density at radius 2 is 2.10 bits per heavy atom. The summed E-state index contributed by atoms with van der Waals surface area (Å²) in [4.78, 5) is 1.62. The molecule has 0 saturated heterocycles. The maximum Gasteiger partial charge on any atom is 0.183 e. The van der Waals surface area contributed by atoms with Gasteiger partial charge in [0.2, 0.25) is 0 Å². The minimum atomic E-state index is -1.06. The van der Waals surface area contributed by atoms with E-state index in [9.17, 15) is 4.21 Å². The Labute approximate surface area is 184 Å². The second-order valence-electron chi connectivity index (χ2n) is 7.46. The molecule has 0 radical (unpaired) electrons. The van der Waals surface area contributed by atoms with Crippen molar-refractivity contribution < 1.29 is 13.5 Å². The monoisotopic (exact) mass is 490 g/mol. The Morgan fingerprint density at radius 3 is 2.83 bits per heavy atom. The summed E-state index contributed by atoms with van der Waals surface area (Å²) < 4.78 is 27.5. The fourth-order valence-electron chi connectivity index (χ4n) is 3.98. The summed E-state index contributed by atoms with van der Waals surface area (Å²) in [6.07, 6.45) is 4.98. The second kappa shape index (κ2) is 7.18. The second-order valence-corrected chi connectivity index (χ2v) is 10.6. The normalized spacial score (nSPS) is 16.8. The van der Waals surface area contributed by atoms with Crippen molar-refractivity contribution >= 4 is 44.5 Å². The molecule has 2 aromatic carbocycles. The van der Waals surface area contributed by atoms with Gasteiger partial charge in [0.25, 0.3) is 0 Å². The third-order valence-corrected chi connectivity index (χ3v) is 7.92. The fraction of sp³-hybridized carbons (Fsp3) is 0.286. The van der Waals surface area contributed by atoms with E-state index in [0.717, 1.165) is 49.1 Å². The zero-order valence-electron chi connectivity index (χ0n) is 16.0. The van der Waals surface area contributed by atoms with Gasteiger partial charge in [0.15, 0.2) is 11.6 Å². The zero-order valence-corrected chi connectivity index (χ0v) is 19.2. The number of nitrogens with one attached hydrogen (secondary N) is 1. The van der Waals surface area contributed by atoms with Crippen LogP contribution in [-0.4, -0.2) is 22.7 Å². The Balaban J connectivity index is 1.48. The van der Waals surface area contributed by atoms with Crippen molar-refractivity contribution in [1.82, 2.24) is 5.16 Å². The molecule has 1 aromatic heterocycles. The van der Waals surface area contributed by atoms with Crippen LogP contribution < -0.4 is 9.46 Å². The molecule has 1 saturated carbocycles. The smallest absolute Gasteiger partial charge is 0.183 e. The van der Waals surface area contributed by atoms with Crippen molar-refractivity contribution in [2.75, 3.05) is 18.1 Å². The quantitative estimate of drug-likeness (QED) is 0.472. The number of hydrogen-bond donors (Lipinski definition) is 1. The van der Waals surface area contributed by atoms with Crippen molar-refractivity contribution in [3.05, 3.63) is 52.0 Å². The number of rotatable bonds is 5. The number of aromatic nitrogens is 1. The lowest BCUT2D eigenvalue weighted by molar-refractivity contribution is 0.404. The lowest BCUT2D eigenvalue weighted by Crippen LogP contribution is -2.17. The van der Waals surface area contributed by atoms with Gasteiger partial charge in [-0.1, -0.05) is 27.2 Å². The van der Waals surface area contributed by atoms with Gasteiger partial charge in [0, 0.05) is 43.0 Å². The highest BCUT2D eigenvalue weighted by molar-refractivity contribution is 9.10. The molecular formula is C21H19BrN2O3S2. The topological polar surface area (TPSA) is 64.4 Å². The van der Waals surface area contributed by atoms with Crippen LogP contribution in [0.15, 0.2) is 55.2 Å². The number of methoxy groups -OCH3 is 1. The van der Waals surface area contributed by atoms with Crippen LogP contribution in [0.5, 0.6) is 5.75 Å². The number of anilines is 1. The third-order valence-electron chi connectivity index (χ3n) is 5.68. The Hall–Kier alpha value is -1.77. The molecule has 1 atom stereocenters. The molecular weight excluding hydrogens is 472 g/mol. The van der Waals surface area contributed by atoms with Crippen molar-refractivity contribution in [3.63, 3.8) is 0 Å². The van der Waals surface area contributed by atoms with Crippen LogP contribution in [0.25, 0.3) is 11.3 Å². The van der Waals surface area contributed by atoms with E-state index in [0.29, 0.717) is 0 Å². The zero-order chi connectivity index (χ0) is 20.2. The number of ether oxygens (including phenoxy) is 1. The predicted octanol–water partition coefficient (Wildman–Crippen LogP) is 5.56. The van der Waals surface area contributed by atoms with Crippen LogP contribution in [0.4, 0.5) is 5.82 Å². The predicted molar refractivity (Wildman–Crippen MR) is 119 cm³/mol. The van der Waals surface area contributed by atoms with E-state index in [2.05, 4.69) is 44.0 Å². The molecule has 0 bridgehead atoms. The van der Waals surface area contributed by atoms with E-state index in [1.165, 1.54) is 30.4 Å². The summed E-state index contributed by atoms with van der Waals surface area (Å²) >= 11 is 4.98. The standard InChI is InChI=1S/C21H19BrN2O3S2/c1-26-17-6-4-13(29(2)25)10-18(17)28-24-20-15-11-21(7-8-21)16-5-3-12(22)9-14(16)19(15)27-23-20/h3-6,9-10H,7-8,11H2,1-2H3,(H,23,24). The Morgan fingerprint density at radius 1 is 1.28 bits per heavy atom. The van der Waals surface area contributed by atoms with Crippen molar-refractivity contribution in [1.29, 1.82) is 0 Å². The summed E-state index contributed by atoms with van der Waals surface area (Å²) in [5.41, 5.74) is 3.83. The van der Waals surface area contributed by atoms with Crippen LogP contribution in [0, 0.1) is 0 Å². The first kappa shape index (κ1) is 19.2. The molecule has 8 heteroatoms. The first-order chi connectivity index (χ1) is 14.0. The molecule has 3 aromatic rings. The number of halogens is 1. The average molecular weight is 491 g/mol. The molecule has 1 unspecified atom stereocenters. The molecule has 5 rings (SSSR count). The molecule has 150 valence electrons. The summed E-state index contributed by atoms with van der Waals surface area (Å²) in [7, 11) is 0.574. The summed E-state index contributed by atoms with van der Waals surface area (Å²) in [6, 6.07) is 12.0. The molecule has 5 nitrogen and oxygen atoms in total. The van der Waals surface area contributed by atoms with Gasteiger partial charge >= 0.3 is 0 Å². The number of hydrogen-bond acceptors (Lipinski definition) is 6. The van der Waals surface area contributed by atoms with Crippen molar-refractivity contribution in [2.45, 2.75) is 34.5 Å². The Kier molecular flexibility index (Phi) is 4.75. The van der Waals surface area contributed by atoms with Gasteiger partial charge in [-0.2, -0.15) is 0 Å². The van der Waals surface area contributed by atoms with Crippen molar-refractivity contribution in [2.24, 2.45) is 0 Å². The SMILES string of the molecule is COc1ccc(S(C)=O)cc1SNc1noc2c1CC1(CC1)c1ccc(Br)cc1-2. The van der Waals surface area contributed by atoms with E-state index in [1.807, 2.05) is 18.2 Å². The van der Waals surface area contributed by atoms with E-state index in [1.54, 1.807) is 13.4 Å². The summed E-state index contributed by atoms with van der Waals surface area (Å²) in [5.74, 6) is 2.31. The number of nitrogens with zero attached hydrogens (tertiary/aromatic N) is 1. The maximum absolute atomic E-state index is 11.9. The highest BCUT2D eigenvalue weighted by Crippen LogP contribution is 2.58. The molecule has 0 aliphatic heterocycles. The maximum atomic E-state index is 11.9. The van der Waals surface area contributed by atoms with E-state index in [-0.39, 0.29) is 5.41 Å². The van der Waals surface area contributed by atoms with Gasteiger partial charge in [0.1, 0.15) is 5.75 Å². The van der Waals surface area contributed by atoms with Gasteiger partial charge in [-0.25, -0.2) is 0 Å². The molecule has 1 N–H and O–H groups in total. The number of fused-ring (bicyclic) bond motifs is 4. The molecule has 29 heavy (non-hydrogen) atoms. The van der Waals surface area contributed by atoms with E-state index in [4.69, 9.17) is 9.26 Å². The minimum Gasteiger partial charge on any atom is -0.496 e. The first-order valence-corrected chi connectivity index (χ1v) is 12.4. The van der Waals surface area contributed by atoms with Crippen LogP contribution in [0.3, 0.4) is 0 Å². The fourth-order valence-corrected chi connectivity index (χ4v) is 5.77. The van der Waals surface area contributed by atoms with Gasteiger partial charge in [-0.05, 0) is 67.1 Å². The highest BCUT2D eigenvalue weighted by atomic mass is 79.9. The number of benzene rings is 2. The highest BCUT2D eigenvalue weighted by Gasteiger charge is 2.50. The summed E-state index contributed by atoms with van der Waals surface area (Å²) in [6.45, 7) is 0. The van der Waals surface area contributed by atoms with E-state index < -0.39 is 10.8 Å². The Bertz CT molecular complexity index is 1140. The molecule has 2 aliphatic carbocycles. The molecule has 1 fully saturated rings. The first-order valence-electron chi connectivity index (χ1n) is 9.24. The minimum absolute atomic E-state index is 0.215. The van der Waals surface area contributed by atoms with Crippen molar-refractivity contribution in [3.8, 4) is 17.1 Å². The van der Waals surface area contributed by atoms with E-state index >= 15 is 0 Å².